The molecule has 4 amide bonds. The molecule has 1 aliphatic rings. The van der Waals surface area contributed by atoms with E-state index in [1.165, 1.54) is 24.1 Å². The third-order valence-corrected chi connectivity index (χ3v) is 4.20. The number of likely N-dealkylation sites (N-methyl/N-ethyl adjacent to an activating group) is 1. The van der Waals surface area contributed by atoms with Gasteiger partial charge >= 0.3 is 12.0 Å². The maximum Gasteiger partial charge on any atom is 0.338 e. The molecule has 1 atom stereocenters. The minimum atomic E-state index is -0.579. The molecule has 0 aliphatic carbocycles. The maximum atomic E-state index is 12.2. The van der Waals surface area contributed by atoms with Crippen molar-refractivity contribution in [1.82, 2.24) is 15.1 Å². The van der Waals surface area contributed by atoms with Crippen molar-refractivity contribution in [3.8, 4) is 0 Å². The molecular weight excluding hydrogens is 350 g/mol. The van der Waals surface area contributed by atoms with Gasteiger partial charge in [-0.2, -0.15) is 0 Å². The van der Waals surface area contributed by atoms with Gasteiger partial charge in [-0.3, -0.25) is 14.5 Å². The van der Waals surface area contributed by atoms with Gasteiger partial charge in [-0.15, -0.1) is 0 Å². The largest absolute Gasteiger partial charge is 0.460 e. The Bertz CT molecular complexity index is 752. The van der Waals surface area contributed by atoms with Crippen molar-refractivity contribution in [3.05, 3.63) is 35.4 Å². The molecule has 1 aromatic carbocycles. The monoisotopic (exact) mass is 375 g/mol. The first-order valence-electron chi connectivity index (χ1n) is 8.62. The normalized spacial score (nSPS) is 17.7. The molecule has 1 fully saturated rings. The summed E-state index contributed by atoms with van der Waals surface area (Å²) in [6, 6.07) is 5.19. The summed E-state index contributed by atoms with van der Waals surface area (Å²) in [6.07, 6.45) is 0.0952. The summed E-state index contributed by atoms with van der Waals surface area (Å²) in [7, 11) is 2.98. The lowest BCUT2D eigenvalue weighted by atomic mass is 10.1. The molecule has 0 aromatic heterocycles. The van der Waals surface area contributed by atoms with Crippen molar-refractivity contribution in [3.63, 3.8) is 0 Å². The van der Waals surface area contributed by atoms with Crippen LogP contribution in [-0.4, -0.2) is 65.9 Å². The van der Waals surface area contributed by atoms with Crippen LogP contribution in [-0.2, 0) is 9.53 Å². The molecule has 1 unspecified atom stereocenters. The van der Waals surface area contributed by atoms with Crippen LogP contribution in [0, 0.1) is 0 Å². The Morgan fingerprint density at radius 1 is 1.11 bits per heavy atom. The van der Waals surface area contributed by atoms with Gasteiger partial charge < -0.3 is 15.0 Å². The number of carbonyl (C=O) groups excluding carboxylic acids is 4. The highest BCUT2D eigenvalue weighted by Crippen LogP contribution is 2.15. The second kappa shape index (κ2) is 7.77. The fourth-order valence-corrected chi connectivity index (χ4v) is 2.57. The Hall–Kier alpha value is -2.90. The SMILES string of the molecule is CN1C(=O)CC(COC(=O)c2ccc(C(=O)NC(C)(C)C)cc2)N(C)C1=O. The lowest BCUT2D eigenvalue weighted by molar-refractivity contribution is -0.131. The highest BCUT2D eigenvalue weighted by atomic mass is 16.5. The van der Waals surface area contributed by atoms with E-state index in [1.807, 2.05) is 20.8 Å². The Kier molecular flexibility index (Phi) is 5.88. The van der Waals surface area contributed by atoms with E-state index >= 15 is 0 Å². The van der Waals surface area contributed by atoms with Gasteiger partial charge in [0.15, 0.2) is 0 Å². The fourth-order valence-electron chi connectivity index (χ4n) is 2.57. The lowest BCUT2D eigenvalue weighted by Crippen LogP contribution is -2.55. The van der Waals surface area contributed by atoms with Crippen LogP contribution in [0.4, 0.5) is 4.79 Å². The summed E-state index contributed by atoms with van der Waals surface area (Å²) in [5, 5.41) is 2.84. The van der Waals surface area contributed by atoms with E-state index in [0.29, 0.717) is 5.56 Å². The number of ether oxygens (including phenoxy) is 1. The van der Waals surface area contributed by atoms with E-state index in [2.05, 4.69) is 5.32 Å². The predicted molar refractivity (Wildman–Crippen MR) is 98.3 cm³/mol. The van der Waals surface area contributed by atoms with Crippen molar-refractivity contribution in [2.75, 3.05) is 20.7 Å². The zero-order valence-corrected chi connectivity index (χ0v) is 16.2. The minimum absolute atomic E-state index is 0.0765. The number of hydrogen-bond donors (Lipinski definition) is 1. The molecular formula is C19H25N3O5. The van der Waals surface area contributed by atoms with Gasteiger partial charge in [0, 0.05) is 25.2 Å². The standard InChI is InChI=1S/C19H25N3O5/c1-19(2,3)20-16(24)12-6-8-13(9-7-12)17(25)27-11-14-10-15(23)22(5)18(26)21(14)4/h6-9,14H,10-11H2,1-5H3,(H,20,24). The smallest absolute Gasteiger partial charge is 0.338 e. The van der Waals surface area contributed by atoms with Crippen molar-refractivity contribution in [2.45, 2.75) is 38.8 Å². The number of nitrogens with one attached hydrogen (secondary N) is 1. The Morgan fingerprint density at radius 2 is 1.67 bits per heavy atom. The number of urea groups is 1. The molecule has 0 bridgehead atoms. The Morgan fingerprint density at radius 3 is 2.22 bits per heavy atom. The van der Waals surface area contributed by atoms with Gasteiger partial charge in [-0.1, -0.05) is 0 Å². The van der Waals surface area contributed by atoms with E-state index < -0.39 is 18.0 Å². The topological polar surface area (TPSA) is 96.0 Å². The number of imide groups is 1. The third-order valence-electron chi connectivity index (χ3n) is 4.20. The number of rotatable bonds is 4. The summed E-state index contributed by atoms with van der Waals surface area (Å²) in [4.78, 5) is 50.4. The molecule has 1 aliphatic heterocycles. The minimum Gasteiger partial charge on any atom is -0.460 e. The maximum absolute atomic E-state index is 12.2. The first-order valence-corrected chi connectivity index (χ1v) is 8.62. The van der Waals surface area contributed by atoms with E-state index in [-0.39, 0.29) is 35.9 Å². The van der Waals surface area contributed by atoms with Gasteiger partial charge in [-0.05, 0) is 45.0 Å². The first kappa shape index (κ1) is 20.4. The van der Waals surface area contributed by atoms with Gasteiger partial charge in [0.1, 0.15) is 6.61 Å². The van der Waals surface area contributed by atoms with E-state index in [1.54, 1.807) is 19.2 Å². The second-order valence-electron chi connectivity index (χ2n) is 7.58. The Balaban J connectivity index is 1.95. The van der Waals surface area contributed by atoms with Crippen molar-refractivity contribution in [1.29, 1.82) is 0 Å². The van der Waals surface area contributed by atoms with Crippen LogP contribution < -0.4 is 5.32 Å². The predicted octanol–water partition coefficient (Wildman–Crippen LogP) is 1.65. The summed E-state index contributed by atoms with van der Waals surface area (Å²) in [5.41, 5.74) is 0.368. The fraction of sp³-hybridized carbons (Fsp3) is 0.474. The highest BCUT2D eigenvalue weighted by Gasteiger charge is 2.35. The van der Waals surface area contributed by atoms with Crippen LogP contribution in [0.15, 0.2) is 24.3 Å². The third kappa shape index (κ3) is 5.06. The number of esters is 1. The molecule has 1 saturated heterocycles. The highest BCUT2D eigenvalue weighted by molar-refractivity contribution is 5.97. The molecule has 8 nitrogen and oxygen atoms in total. The van der Waals surface area contributed by atoms with Crippen LogP contribution in [0.5, 0.6) is 0 Å². The molecule has 1 N–H and O–H groups in total. The number of hydrogen-bond acceptors (Lipinski definition) is 5. The molecule has 0 spiro atoms. The zero-order chi connectivity index (χ0) is 20.4. The molecule has 1 aromatic rings. The van der Waals surface area contributed by atoms with Gasteiger partial charge in [0.05, 0.1) is 18.0 Å². The first-order chi connectivity index (χ1) is 12.5. The summed E-state index contributed by atoms with van der Waals surface area (Å²) >= 11 is 0. The van der Waals surface area contributed by atoms with Crippen molar-refractivity contribution < 1.29 is 23.9 Å². The van der Waals surface area contributed by atoms with Crippen LogP contribution in [0.1, 0.15) is 47.9 Å². The van der Waals surface area contributed by atoms with Crippen LogP contribution in [0.3, 0.4) is 0 Å². The molecule has 0 saturated carbocycles. The quantitative estimate of drug-likeness (QED) is 0.808. The second-order valence-corrected chi connectivity index (χ2v) is 7.58. The van der Waals surface area contributed by atoms with Crippen molar-refractivity contribution >= 4 is 23.8 Å². The molecule has 0 radical (unpaired) electrons. The average Bonchev–Trinajstić information content (AvgIpc) is 2.60. The summed E-state index contributed by atoms with van der Waals surface area (Å²) in [5.74, 6) is -1.12. The molecule has 27 heavy (non-hydrogen) atoms. The average molecular weight is 375 g/mol. The molecule has 146 valence electrons. The number of benzene rings is 1. The van der Waals surface area contributed by atoms with Gasteiger partial charge in [-0.25, -0.2) is 9.59 Å². The van der Waals surface area contributed by atoms with Gasteiger partial charge in [0.25, 0.3) is 5.91 Å². The van der Waals surface area contributed by atoms with Gasteiger partial charge in [0.2, 0.25) is 5.91 Å². The number of nitrogens with zero attached hydrogens (tertiary/aromatic N) is 2. The van der Waals surface area contributed by atoms with E-state index in [0.717, 1.165) is 4.90 Å². The summed E-state index contributed by atoms with van der Waals surface area (Å²) in [6.45, 7) is 5.57. The number of carbonyl (C=O) groups is 4. The molecule has 1 heterocycles. The van der Waals surface area contributed by atoms with E-state index in [9.17, 15) is 19.2 Å². The van der Waals surface area contributed by atoms with Crippen LogP contribution in [0.2, 0.25) is 0 Å². The lowest BCUT2D eigenvalue weighted by Gasteiger charge is -2.35. The molecule has 8 heteroatoms. The van der Waals surface area contributed by atoms with Crippen LogP contribution in [0.25, 0.3) is 0 Å². The zero-order valence-electron chi connectivity index (χ0n) is 16.2. The summed E-state index contributed by atoms with van der Waals surface area (Å²) < 4.78 is 5.25. The van der Waals surface area contributed by atoms with Crippen LogP contribution >= 0.6 is 0 Å². The molecule has 2 rings (SSSR count). The Labute approximate surface area is 158 Å². The number of amides is 4. The van der Waals surface area contributed by atoms with Crippen molar-refractivity contribution in [2.24, 2.45) is 0 Å². The van der Waals surface area contributed by atoms with E-state index in [4.69, 9.17) is 4.74 Å².